The summed E-state index contributed by atoms with van der Waals surface area (Å²) >= 11 is 0. The fourth-order valence-electron chi connectivity index (χ4n) is 2.74. The number of hydrogen-bond donors (Lipinski definition) is 0. The summed E-state index contributed by atoms with van der Waals surface area (Å²) in [4.78, 5) is 4.62. The molecular formula is C17H18N2. The number of imidazole rings is 1. The molecule has 1 aromatic heterocycles. The second kappa shape index (κ2) is 4.54. The zero-order chi connectivity index (χ0) is 13.4. The van der Waals surface area contributed by atoms with Gasteiger partial charge in [-0.25, -0.2) is 4.98 Å². The molecule has 1 heterocycles. The molecule has 3 aromatic rings. The number of aryl methyl sites for hydroxylation is 3. The molecule has 2 aromatic carbocycles. The number of fused-ring (bicyclic) bond motifs is 1. The minimum absolute atomic E-state index is 0.884. The monoisotopic (exact) mass is 250 g/mol. The van der Waals surface area contributed by atoms with Gasteiger partial charge in [-0.3, -0.25) is 0 Å². The van der Waals surface area contributed by atoms with Crippen molar-refractivity contribution in [2.24, 2.45) is 0 Å². The van der Waals surface area contributed by atoms with Gasteiger partial charge in [-0.2, -0.15) is 0 Å². The molecule has 0 saturated heterocycles. The maximum absolute atomic E-state index is 4.62. The summed E-state index contributed by atoms with van der Waals surface area (Å²) in [5, 5.41) is 0. The quantitative estimate of drug-likeness (QED) is 0.672. The first kappa shape index (κ1) is 12.0. The highest BCUT2D eigenvalue weighted by Gasteiger charge is 2.07. The number of nitrogens with zero attached hydrogens (tertiary/aromatic N) is 2. The maximum Gasteiger partial charge on any atom is 0.107 e. The molecule has 0 aliphatic carbocycles. The van der Waals surface area contributed by atoms with E-state index in [1.807, 2.05) is 6.07 Å². The Bertz CT molecular complexity index is 718. The van der Waals surface area contributed by atoms with Crippen LogP contribution < -0.4 is 0 Å². The second-order valence-corrected chi connectivity index (χ2v) is 5.23. The Hall–Kier alpha value is -2.09. The number of para-hydroxylation sites is 2. The van der Waals surface area contributed by atoms with Gasteiger partial charge < -0.3 is 4.57 Å². The van der Waals surface area contributed by atoms with E-state index < -0.39 is 0 Å². The Labute approximate surface area is 113 Å². The van der Waals surface area contributed by atoms with Gasteiger partial charge in [0.05, 0.1) is 11.0 Å². The molecule has 0 unspecified atom stereocenters. The maximum atomic E-state index is 4.62. The van der Waals surface area contributed by atoms with Crippen LogP contribution in [0.15, 0.2) is 42.5 Å². The van der Waals surface area contributed by atoms with Crippen molar-refractivity contribution in [1.29, 1.82) is 0 Å². The minimum atomic E-state index is 0.884. The zero-order valence-corrected chi connectivity index (χ0v) is 11.6. The third-order valence-electron chi connectivity index (χ3n) is 3.47. The molecule has 0 saturated carbocycles. The fraction of sp³-hybridized carbons (Fsp3) is 0.235. The summed E-state index contributed by atoms with van der Waals surface area (Å²) in [6.45, 7) is 7.25. The van der Waals surface area contributed by atoms with Crippen LogP contribution in [-0.2, 0) is 6.54 Å². The molecule has 3 rings (SSSR count). The number of aromatic nitrogens is 2. The molecule has 2 heteroatoms. The van der Waals surface area contributed by atoms with E-state index in [2.05, 4.69) is 66.7 Å². The SMILES string of the molecule is Cc1cc(C)cc(Cn2c(C)nc3ccccc32)c1. The fourth-order valence-corrected chi connectivity index (χ4v) is 2.74. The van der Waals surface area contributed by atoms with Crippen LogP contribution in [0.25, 0.3) is 11.0 Å². The lowest BCUT2D eigenvalue weighted by molar-refractivity contribution is 0.784. The topological polar surface area (TPSA) is 17.8 Å². The van der Waals surface area contributed by atoms with E-state index in [0.29, 0.717) is 0 Å². The van der Waals surface area contributed by atoms with Crippen LogP contribution in [0.4, 0.5) is 0 Å². The van der Waals surface area contributed by atoms with Gasteiger partial charge in [0.1, 0.15) is 5.82 Å². The summed E-state index contributed by atoms with van der Waals surface area (Å²) in [5.74, 6) is 1.07. The molecule has 0 N–H and O–H groups in total. The van der Waals surface area contributed by atoms with Crippen LogP contribution in [0.3, 0.4) is 0 Å². The molecule has 0 fully saturated rings. The van der Waals surface area contributed by atoms with E-state index in [9.17, 15) is 0 Å². The lowest BCUT2D eigenvalue weighted by Gasteiger charge is -2.09. The van der Waals surface area contributed by atoms with E-state index in [1.54, 1.807) is 0 Å². The first-order valence-corrected chi connectivity index (χ1v) is 6.62. The van der Waals surface area contributed by atoms with Gasteiger partial charge in [0.2, 0.25) is 0 Å². The Morgan fingerprint density at radius 1 is 0.947 bits per heavy atom. The molecule has 0 aliphatic heterocycles. The summed E-state index contributed by atoms with van der Waals surface area (Å²) in [5.41, 5.74) is 6.25. The molecule has 19 heavy (non-hydrogen) atoms. The van der Waals surface area contributed by atoms with Crippen LogP contribution in [0.5, 0.6) is 0 Å². The van der Waals surface area contributed by atoms with Crippen molar-refractivity contribution in [2.45, 2.75) is 27.3 Å². The van der Waals surface area contributed by atoms with Gasteiger partial charge in [-0.15, -0.1) is 0 Å². The van der Waals surface area contributed by atoms with Crippen LogP contribution in [-0.4, -0.2) is 9.55 Å². The van der Waals surface area contributed by atoms with Crippen molar-refractivity contribution in [3.05, 3.63) is 65.0 Å². The predicted molar refractivity (Wildman–Crippen MR) is 79.5 cm³/mol. The Morgan fingerprint density at radius 2 is 1.63 bits per heavy atom. The third kappa shape index (κ3) is 2.26. The molecule has 2 nitrogen and oxygen atoms in total. The van der Waals surface area contributed by atoms with Crippen LogP contribution in [0.2, 0.25) is 0 Å². The number of hydrogen-bond acceptors (Lipinski definition) is 1. The summed E-state index contributed by atoms with van der Waals surface area (Å²) in [7, 11) is 0. The molecule has 0 radical (unpaired) electrons. The Kier molecular flexibility index (Phi) is 2.86. The van der Waals surface area contributed by atoms with Crippen molar-refractivity contribution in [3.8, 4) is 0 Å². The normalized spacial score (nSPS) is 11.1. The van der Waals surface area contributed by atoms with E-state index >= 15 is 0 Å². The van der Waals surface area contributed by atoms with Crippen LogP contribution >= 0.6 is 0 Å². The molecule has 0 aliphatic rings. The van der Waals surface area contributed by atoms with E-state index in [0.717, 1.165) is 17.9 Å². The molecule has 96 valence electrons. The van der Waals surface area contributed by atoms with Crippen molar-refractivity contribution in [3.63, 3.8) is 0 Å². The summed E-state index contributed by atoms with van der Waals surface area (Å²) in [6, 6.07) is 15.0. The molecule has 0 bridgehead atoms. The highest BCUT2D eigenvalue weighted by Crippen LogP contribution is 2.18. The third-order valence-corrected chi connectivity index (χ3v) is 3.47. The standard InChI is InChI=1S/C17H18N2/c1-12-8-13(2)10-15(9-12)11-19-14(3)18-16-6-4-5-7-17(16)19/h4-10H,11H2,1-3H3. The average molecular weight is 250 g/mol. The van der Waals surface area contributed by atoms with E-state index in [4.69, 9.17) is 0 Å². The first-order valence-electron chi connectivity index (χ1n) is 6.62. The van der Waals surface area contributed by atoms with Crippen molar-refractivity contribution in [2.75, 3.05) is 0 Å². The van der Waals surface area contributed by atoms with Crippen molar-refractivity contribution >= 4 is 11.0 Å². The number of rotatable bonds is 2. The Balaban J connectivity index is 2.07. The smallest absolute Gasteiger partial charge is 0.107 e. The predicted octanol–water partition coefficient (Wildman–Crippen LogP) is 4.01. The highest BCUT2D eigenvalue weighted by molar-refractivity contribution is 5.75. The van der Waals surface area contributed by atoms with Gasteiger partial charge in [-0.05, 0) is 38.5 Å². The lowest BCUT2D eigenvalue weighted by atomic mass is 10.1. The van der Waals surface area contributed by atoms with Crippen molar-refractivity contribution in [1.82, 2.24) is 9.55 Å². The lowest BCUT2D eigenvalue weighted by Crippen LogP contribution is -2.02. The molecular weight excluding hydrogens is 232 g/mol. The largest absolute Gasteiger partial charge is 0.324 e. The highest BCUT2D eigenvalue weighted by atomic mass is 15.1. The Morgan fingerprint density at radius 3 is 2.37 bits per heavy atom. The molecule has 0 spiro atoms. The van der Waals surface area contributed by atoms with Gasteiger partial charge in [0.15, 0.2) is 0 Å². The van der Waals surface area contributed by atoms with Crippen molar-refractivity contribution < 1.29 is 0 Å². The van der Waals surface area contributed by atoms with Gasteiger partial charge in [0.25, 0.3) is 0 Å². The van der Waals surface area contributed by atoms with Gasteiger partial charge >= 0.3 is 0 Å². The van der Waals surface area contributed by atoms with Crippen LogP contribution in [0, 0.1) is 20.8 Å². The molecule has 0 amide bonds. The zero-order valence-electron chi connectivity index (χ0n) is 11.6. The minimum Gasteiger partial charge on any atom is -0.324 e. The van der Waals surface area contributed by atoms with E-state index in [1.165, 1.54) is 22.2 Å². The van der Waals surface area contributed by atoms with Crippen LogP contribution in [0.1, 0.15) is 22.5 Å². The van der Waals surface area contributed by atoms with Gasteiger partial charge in [0, 0.05) is 6.54 Å². The van der Waals surface area contributed by atoms with E-state index in [-0.39, 0.29) is 0 Å². The first-order chi connectivity index (χ1) is 9.13. The second-order valence-electron chi connectivity index (χ2n) is 5.23. The molecule has 0 atom stereocenters. The summed E-state index contributed by atoms with van der Waals surface area (Å²) in [6.07, 6.45) is 0. The summed E-state index contributed by atoms with van der Waals surface area (Å²) < 4.78 is 2.28. The van der Waals surface area contributed by atoms with Gasteiger partial charge in [-0.1, -0.05) is 41.5 Å². The number of benzene rings is 2. The average Bonchev–Trinajstić information content (AvgIpc) is 2.65.